The molecule has 0 amide bonds. The third-order valence-electron chi connectivity index (χ3n) is 12.6. The molecule has 0 aliphatic carbocycles. The molecule has 0 radical (unpaired) electrons. The lowest BCUT2D eigenvalue weighted by Crippen LogP contribution is -2.17. The van der Waals surface area contributed by atoms with Crippen LogP contribution in [0.2, 0.25) is 0 Å². The molecule has 4 nitrogen and oxygen atoms in total. The highest BCUT2D eigenvalue weighted by molar-refractivity contribution is 5.94. The average Bonchev–Trinajstić information content (AvgIpc) is 3.31. The van der Waals surface area contributed by atoms with Crippen LogP contribution in [0.4, 0.5) is 34.1 Å². The van der Waals surface area contributed by atoms with Gasteiger partial charge >= 0.3 is 0 Å². The molecule has 0 N–H and O–H groups in total. The second-order valence-corrected chi connectivity index (χ2v) is 22.0. The van der Waals surface area contributed by atoms with Crippen molar-refractivity contribution in [3.8, 4) is 12.1 Å². The van der Waals surface area contributed by atoms with Crippen molar-refractivity contribution in [2.75, 3.05) is 9.80 Å². The first-order chi connectivity index (χ1) is 32.1. The minimum atomic E-state index is -0.0165. The van der Waals surface area contributed by atoms with Crippen LogP contribution in [0.25, 0.3) is 24.3 Å². The molecular formula is C64H66N4. The summed E-state index contributed by atoms with van der Waals surface area (Å²) >= 11 is 0. The summed E-state index contributed by atoms with van der Waals surface area (Å²) < 4.78 is 0. The van der Waals surface area contributed by atoms with Gasteiger partial charge in [0.25, 0.3) is 0 Å². The maximum atomic E-state index is 9.62. The molecule has 0 aliphatic rings. The first kappa shape index (κ1) is 48.5. The molecule has 0 aliphatic heterocycles. The van der Waals surface area contributed by atoms with Crippen LogP contribution in [0.5, 0.6) is 0 Å². The van der Waals surface area contributed by atoms with Gasteiger partial charge in [-0.1, -0.05) is 180 Å². The van der Waals surface area contributed by atoms with Crippen LogP contribution < -0.4 is 9.80 Å². The number of anilines is 6. The van der Waals surface area contributed by atoms with E-state index in [0.717, 1.165) is 56.4 Å². The van der Waals surface area contributed by atoms with Crippen molar-refractivity contribution in [2.24, 2.45) is 0 Å². The summed E-state index contributed by atoms with van der Waals surface area (Å²) in [6.45, 7) is 27.0. The molecule has 0 atom stereocenters. The van der Waals surface area contributed by atoms with Gasteiger partial charge in [0.15, 0.2) is 0 Å². The fourth-order valence-corrected chi connectivity index (χ4v) is 8.27. The highest BCUT2D eigenvalue weighted by Gasteiger charge is 2.25. The molecule has 7 aromatic carbocycles. The van der Waals surface area contributed by atoms with E-state index in [1.54, 1.807) is 0 Å². The second-order valence-electron chi connectivity index (χ2n) is 22.0. The Hall–Kier alpha value is -7.40. The van der Waals surface area contributed by atoms with Gasteiger partial charge in [-0.15, -0.1) is 0 Å². The van der Waals surface area contributed by atoms with E-state index in [-0.39, 0.29) is 21.7 Å². The fourth-order valence-electron chi connectivity index (χ4n) is 8.27. The zero-order valence-corrected chi connectivity index (χ0v) is 42.1. The SMILES string of the molecule is CC(C)(C)c1ccc(N(c2ccc(C(C)(C)C)cc2)c2cc(/C=C/c3ccc(C#N)cc3)c(N(c3ccc(C(C)(C)C)cc3)c3ccc(C(C)(C)C)cc3)cc2/C=C/c2ccc(C#N)cc2)cc1. The van der Waals surface area contributed by atoms with Gasteiger partial charge in [0.2, 0.25) is 0 Å². The van der Waals surface area contributed by atoms with E-state index in [4.69, 9.17) is 0 Å². The van der Waals surface area contributed by atoms with Gasteiger partial charge in [-0.05, 0) is 140 Å². The lowest BCUT2D eigenvalue weighted by atomic mass is 9.86. The highest BCUT2D eigenvalue weighted by atomic mass is 15.2. The van der Waals surface area contributed by atoms with Crippen LogP contribution in [-0.4, -0.2) is 0 Å². The van der Waals surface area contributed by atoms with Gasteiger partial charge in [-0.3, -0.25) is 0 Å². The normalized spacial score (nSPS) is 12.3. The summed E-state index contributed by atoms with van der Waals surface area (Å²) in [4.78, 5) is 4.75. The predicted octanol–water partition coefficient (Wildman–Crippen LogP) is 17.9. The summed E-state index contributed by atoms with van der Waals surface area (Å²) in [6, 6.07) is 60.6. The van der Waals surface area contributed by atoms with Gasteiger partial charge in [-0.25, -0.2) is 0 Å². The molecule has 0 spiro atoms. The van der Waals surface area contributed by atoms with Crippen LogP contribution in [0, 0.1) is 22.7 Å². The standard InChI is InChI=1S/C64H66N4/c1-61(2,3)51-25-33-55(34-26-51)67(56-35-27-52(28-36-56)62(4,5)6)59-41-50(24-22-46-15-19-48(44-66)20-16-46)60(42-49(59)23-21-45-13-17-47(43-65)18-14-45)68(57-37-29-53(30-38-57)63(7,8)9)58-39-31-54(32-40-58)64(10,11)12/h13-42H,1-12H3/b23-21+,24-22+. The smallest absolute Gasteiger partial charge is 0.0991 e. The summed E-state index contributed by atoms with van der Waals surface area (Å²) in [5.41, 5.74) is 16.4. The maximum absolute atomic E-state index is 9.62. The summed E-state index contributed by atoms with van der Waals surface area (Å²) in [6.07, 6.45) is 8.69. The van der Waals surface area contributed by atoms with Gasteiger partial charge in [0.1, 0.15) is 0 Å². The largest absolute Gasteiger partial charge is 0.310 e. The van der Waals surface area contributed by atoms with E-state index in [0.29, 0.717) is 11.1 Å². The van der Waals surface area contributed by atoms with E-state index in [9.17, 15) is 10.5 Å². The van der Waals surface area contributed by atoms with Gasteiger partial charge < -0.3 is 9.80 Å². The summed E-state index contributed by atoms with van der Waals surface area (Å²) in [5.74, 6) is 0. The third kappa shape index (κ3) is 11.4. The molecule has 0 bridgehead atoms. The van der Waals surface area contributed by atoms with Crippen LogP contribution >= 0.6 is 0 Å². The molecule has 7 aromatic rings. The quantitative estimate of drug-likeness (QED) is 0.128. The highest BCUT2D eigenvalue weighted by Crippen LogP contribution is 2.46. The Morgan fingerprint density at radius 3 is 0.765 bits per heavy atom. The van der Waals surface area contributed by atoms with Crippen molar-refractivity contribution in [1.82, 2.24) is 0 Å². The molecule has 0 saturated carbocycles. The lowest BCUT2D eigenvalue weighted by molar-refractivity contribution is 0.590. The number of rotatable bonds is 10. The first-order valence-electron chi connectivity index (χ1n) is 23.7. The Balaban J connectivity index is 1.57. The molecule has 0 aromatic heterocycles. The Bertz CT molecular complexity index is 2660. The first-order valence-corrected chi connectivity index (χ1v) is 23.7. The average molecular weight is 891 g/mol. The van der Waals surface area contributed by atoms with E-state index >= 15 is 0 Å². The predicted molar refractivity (Wildman–Crippen MR) is 291 cm³/mol. The molecular weight excluding hydrogens is 825 g/mol. The number of nitriles is 2. The zero-order chi connectivity index (χ0) is 49.0. The number of hydrogen-bond donors (Lipinski definition) is 0. The van der Waals surface area contributed by atoms with Crippen molar-refractivity contribution in [2.45, 2.75) is 105 Å². The van der Waals surface area contributed by atoms with Gasteiger partial charge in [-0.2, -0.15) is 10.5 Å². The number of hydrogen-bond acceptors (Lipinski definition) is 4. The van der Waals surface area contributed by atoms with Gasteiger partial charge in [0.05, 0.1) is 34.6 Å². The van der Waals surface area contributed by atoms with Gasteiger partial charge in [0, 0.05) is 33.9 Å². The molecule has 0 heterocycles. The molecule has 68 heavy (non-hydrogen) atoms. The monoisotopic (exact) mass is 891 g/mol. The molecule has 342 valence electrons. The third-order valence-corrected chi connectivity index (χ3v) is 12.6. The molecule has 7 rings (SSSR count). The molecule has 0 unspecified atom stereocenters. The van der Waals surface area contributed by atoms with E-state index in [1.165, 1.54) is 22.3 Å². The van der Waals surface area contributed by atoms with Crippen LogP contribution in [0.3, 0.4) is 0 Å². The number of nitrogens with zero attached hydrogens (tertiary/aromatic N) is 4. The molecule has 4 heteroatoms. The van der Waals surface area contributed by atoms with Crippen molar-refractivity contribution < 1.29 is 0 Å². The Morgan fingerprint density at radius 2 is 0.559 bits per heavy atom. The van der Waals surface area contributed by atoms with Crippen LogP contribution in [0.15, 0.2) is 158 Å². The Kier molecular flexibility index (Phi) is 13.9. The number of benzene rings is 7. The van der Waals surface area contributed by atoms with Crippen LogP contribution in [-0.2, 0) is 21.7 Å². The minimum absolute atomic E-state index is 0.0165. The summed E-state index contributed by atoms with van der Waals surface area (Å²) in [5, 5.41) is 19.2. The fraction of sp³-hybridized carbons (Fsp3) is 0.250. The zero-order valence-electron chi connectivity index (χ0n) is 42.1. The van der Waals surface area contributed by atoms with Crippen molar-refractivity contribution in [3.63, 3.8) is 0 Å². The Labute approximate surface area is 407 Å². The molecule has 0 saturated heterocycles. The van der Waals surface area contributed by atoms with E-state index in [1.807, 2.05) is 48.5 Å². The van der Waals surface area contributed by atoms with Crippen molar-refractivity contribution in [1.29, 1.82) is 10.5 Å². The van der Waals surface area contributed by atoms with Crippen molar-refractivity contribution in [3.05, 3.63) is 213 Å². The summed E-state index contributed by atoms with van der Waals surface area (Å²) in [7, 11) is 0. The van der Waals surface area contributed by atoms with Crippen molar-refractivity contribution >= 4 is 58.4 Å². The minimum Gasteiger partial charge on any atom is -0.310 e. The lowest BCUT2D eigenvalue weighted by Gasteiger charge is -2.33. The van der Waals surface area contributed by atoms with E-state index in [2.05, 4.69) is 239 Å². The second kappa shape index (κ2) is 19.4. The topological polar surface area (TPSA) is 54.1 Å². The molecule has 0 fully saturated rings. The van der Waals surface area contributed by atoms with Crippen LogP contribution in [0.1, 0.15) is 139 Å². The van der Waals surface area contributed by atoms with E-state index < -0.39 is 0 Å². The maximum Gasteiger partial charge on any atom is 0.0991 e. The Morgan fingerprint density at radius 1 is 0.324 bits per heavy atom.